The lowest BCUT2D eigenvalue weighted by molar-refractivity contribution is 0.356. The minimum atomic E-state index is 0.234. The van der Waals surface area contributed by atoms with Crippen LogP contribution in [0.25, 0.3) is 22.2 Å². The van der Waals surface area contributed by atoms with Crippen molar-refractivity contribution < 1.29 is 9.47 Å². The molecule has 2 aromatic carbocycles. The summed E-state index contributed by atoms with van der Waals surface area (Å²) in [5.41, 5.74) is 9.69. The first-order chi connectivity index (χ1) is 11.5. The fourth-order valence-electron chi connectivity index (χ4n) is 2.72. The topological polar surface area (TPSA) is 70.3 Å². The fourth-order valence-corrected chi connectivity index (χ4v) is 2.72. The summed E-state index contributed by atoms with van der Waals surface area (Å²) in [4.78, 5) is 8.77. The Hall–Kier alpha value is -2.82. The van der Waals surface area contributed by atoms with Crippen molar-refractivity contribution in [1.29, 1.82) is 0 Å². The molecule has 0 amide bonds. The maximum absolute atomic E-state index is 5.91. The van der Waals surface area contributed by atoms with Crippen LogP contribution in [-0.4, -0.2) is 24.2 Å². The van der Waals surface area contributed by atoms with E-state index in [0.717, 1.165) is 22.2 Å². The zero-order valence-electron chi connectivity index (χ0n) is 14.3. The summed E-state index contributed by atoms with van der Waals surface area (Å²) in [6, 6.07) is 12.1. The number of nitrogens with two attached hydrogens (primary N) is 1. The van der Waals surface area contributed by atoms with Gasteiger partial charge in [-0.15, -0.1) is 0 Å². The zero-order valence-corrected chi connectivity index (χ0v) is 14.3. The van der Waals surface area contributed by atoms with Crippen molar-refractivity contribution in [2.45, 2.75) is 19.8 Å². The maximum Gasteiger partial charge on any atom is 0.221 e. The number of hydrogen-bond donors (Lipinski definition) is 1. The van der Waals surface area contributed by atoms with Crippen LogP contribution in [0.5, 0.6) is 11.5 Å². The van der Waals surface area contributed by atoms with Gasteiger partial charge in [0.15, 0.2) is 11.5 Å². The van der Waals surface area contributed by atoms with Gasteiger partial charge in [0.05, 0.1) is 25.4 Å². The molecule has 5 nitrogen and oxygen atoms in total. The number of anilines is 1. The molecule has 0 aliphatic rings. The zero-order chi connectivity index (χ0) is 17.3. The summed E-state index contributed by atoms with van der Waals surface area (Å²) in [5, 5.41) is 0.874. The van der Waals surface area contributed by atoms with Crippen LogP contribution < -0.4 is 15.2 Å². The van der Waals surface area contributed by atoms with Gasteiger partial charge in [0.2, 0.25) is 5.95 Å². The number of ether oxygens (including phenoxy) is 2. The highest BCUT2D eigenvalue weighted by Gasteiger charge is 2.14. The van der Waals surface area contributed by atoms with Gasteiger partial charge in [-0.1, -0.05) is 38.1 Å². The summed E-state index contributed by atoms with van der Waals surface area (Å²) in [5.74, 6) is 1.97. The van der Waals surface area contributed by atoms with Crippen LogP contribution in [0.1, 0.15) is 25.3 Å². The second-order valence-electron chi connectivity index (χ2n) is 5.93. The predicted octanol–water partition coefficient (Wildman–Crippen LogP) is 4.02. The number of benzene rings is 2. The first kappa shape index (κ1) is 16.1. The average molecular weight is 323 g/mol. The van der Waals surface area contributed by atoms with Crippen molar-refractivity contribution in [3.63, 3.8) is 0 Å². The molecule has 3 aromatic rings. The fraction of sp³-hybridized carbons (Fsp3) is 0.263. The minimum absolute atomic E-state index is 0.234. The Morgan fingerprint density at radius 2 is 1.54 bits per heavy atom. The van der Waals surface area contributed by atoms with Crippen molar-refractivity contribution in [3.05, 3.63) is 42.0 Å². The molecular formula is C19H21N3O2. The van der Waals surface area contributed by atoms with E-state index in [4.69, 9.17) is 15.2 Å². The molecule has 0 unspecified atom stereocenters. The van der Waals surface area contributed by atoms with E-state index in [1.807, 2.05) is 12.1 Å². The molecule has 0 bridgehead atoms. The van der Waals surface area contributed by atoms with Crippen LogP contribution in [0.15, 0.2) is 36.4 Å². The summed E-state index contributed by atoms with van der Waals surface area (Å²) in [6.07, 6.45) is 0. The Morgan fingerprint density at radius 3 is 2.12 bits per heavy atom. The highest BCUT2D eigenvalue weighted by Crippen LogP contribution is 2.36. The number of fused-ring (bicyclic) bond motifs is 1. The number of nitrogens with zero attached hydrogens (tertiary/aromatic N) is 2. The average Bonchev–Trinajstić information content (AvgIpc) is 2.59. The number of methoxy groups -OCH3 is 2. The predicted molar refractivity (Wildman–Crippen MR) is 96.6 cm³/mol. The third-order valence-electron chi connectivity index (χ3n) is 4.07. The van der Waals surface area contributed by atoms with Gasteiger partial charge in [0.25, 0.3) is 0 Å². The monoisotopic (exact) mass is 323 g/mol. The molecule has 1 heterocycles. The molecule has 3 rings (SSSR count). The van der Waals surface area contributed by atoms with Crippen LogP contribution >= 0.6 is 0 Å². The third kappa shape index (κ3) is 2.85. The Morgan fingerprint density at radius 1 is 0.917 bits per heavy atom. The molecular weight excluding hydrogens is 302 g/mol. The quantitative estimate of drug-likeness (QED) is 0.785. The Bertz CT molecular complexity index is 874. The van der Waals surface area contributed by atoms with Crippen molar-refractivity contribution >= 4 is 16.9 Å². The van der Waals surface area contributed by atoms with Crippen molar-refractivity contribution in [1.82, 2.24) is 9.97 Å². The highest BCUT2D eigenvalue weighted by molar-refractivity contribution is 5.95. The summed E-state index contributed by atoms with van der Waals surface area (Å²) in [7, 11) is 3.21. The molecule has 0 atom stereocenters. The van der Waals surface area contributed by atoms with E-state index in [0.29, 0.717) is 17.4 Å². The first-order valence-electron chi connectivity index (χ1n) is 7.83. The SMILES string of the molecule is COc1cc2nc(N)nc(-c3ccc(C(C)C)cc3)c2cc1OC. The second kappa shape index (κ2) is 6.35. The van der Waals surface area contributed by atoms with Gasteiger partial charge in [0.1, 0.15) is 0 Å². The van der Waals surface area contributed by atoms with Gasteiger partial charge in [-0.25, -0.2) is 9.97 Å². The summed E-state index contributed by atoms with van der Waals surface area (Å²) in [6.45, 7) is 4.34. The Labute approximate surface area is 141 Å². The van der Waals surface area contributed by atoms with Gasteiger partial charge in [-0.3, -0.25) is 0 Å². The molecule has 5 heteroatoms. The molecule has 0 aliphatic heterocycles. The summed E-state index contributed by atoms with van der Waals surface area (Å²) >= 11 is 0. The molecule has 24 heavy (non-hydrogen) atoms. The van der Waals surface area contributed by atoms with Crippen LogP contribution in [-0.2, 0) is 0 Å². The van der Waals surface area contributed by atoms with Crippen LogP contribution in [0.3, 0.4) is 0 Å². The van der Waals surface area contributed by atoms with Crippen LogP contribution in [0, 0.1) is 0 Å². The number of hydrogen-bond acceptors (Lipinski definition) is 5. The van der Waals surface area contributed by atoms with E-state index in [1.165, 1.54) is 5.56 Å². The molecule has 0 saturated heterocycles. The molecule has 1 aromatic heterocycles. The highest BCUT2D eigenvalue weighted by atomic mass is 16.5. The maximum atomic E-state index is 5.91. The Balaban J connectivity index is 2.22. The third-order valence-corrected chi connectivity index (χ3v) is 4.07. The van der Waals surface area contributed by atoms with Gasteiger partial charge in [-0.2, -0.15) is 0 Å². The number of rotatable bonds is 4. The van der Waals surface area contributed by atoms with E-state index in [1.54, 1.807) is 14.2 Å². The molecule has 0 radical (unpaired) electrons. The van der Waals surface area contributed by atoms with E-state index in [9.17, 15) is 0 Å². The molecule has 0 saturated carbocycles. The second-order valence-corrected chi connectivity index (χ2v) is 5.93. The largest absolute Gasteiger partial charge is 0.493 e. The Kier molecular flexibility index (Phi) is 4.25. The number of aromatic nitrogens is 2. The minimum Gasteiger partial charge on any atom is -0.493 e. The van der Waals surface area contributed by atoms with E-state index in [-0.39, 0.29) is 5.95 Å². The molecule has 0 fully saturated rings. The van der Waals surface area contributed by atoms with Crippen molar-refractivity contribution in [3.8, 4) is 22.8 Å². The molecule has 0 spiro atoms. The smallest absolute Gasteiger partial charge is 0.221 e. The van der Waals surface area contributed by atoms with Crippen molar-refractivity contribution in [2.75, 3.05) is 20.0 Å². The normalized spacial score (nSPS) is 11.0. The lowest BCUT2D eigenvalue weighted by atomic mass is 9.99. The van der Waals surface area contributed by atoms with Gasteiger partial charge >= 0.3 is 0 Å². The molecule has 124 valence electrons. The first-order valence-corrected chi connectivity index (χ1v) is 7.83. The van der Waals surface area contributed by atoms with Gasteiger partial charge in [0, 0.05) is 17.0 Å². The van der Waals surface area contributed by atoms with Gasteiger partial charge in [-0.05, 0) is 17.5 Å². The lowest BCUT2D eigenvalue weighted by Gasteiger charge is -2.12. The van der Waals surface area contributed by atoms with E-state index >= 15 is 0 Å². The standard InChI is InChI=1S/C19H21N3O2/c1-11(2)12-5-7-13(8-6-12)18-14-9-16(23-3)17(24-4)10-15(14)21-19(20)22-18/h5-11H,1-4H3,(H2,20,21,22). The van der Waals surface area contributed by atoms with Crippen LogP contribution in [0.4, 0.5) is 5.95 Å². The van der Waals surface area contributed by atoms with Gasteiger partial charge < -0.3 is 15.2 Å². The van der Waals surface area contributed by atoms with Crippen LogP contribution in [0.2, 0.25) is 0 Å². The number of nitrogen functional groups attached to an aromatic ring is 1. The van der Waals surface area contributed by atoms with E-state index in [2.05, 4.69) is 48.1 Å². The molecule has 0 aliphatic carbocycles. The summed E-state index contributed by atoms with van der Waals surface area (Å²) < 4.78 is 10.7. The lowest BCUT2D eigenvalue weighted by Crippen LogP contribution is -2.00. The van der Waals surface area contributed by atoms with E-state index < -0.39 is 0 Å². The van der Waals surface area contributed by atoms with Crippen molar-refractivity contribution in [2.24, 2.45) is 0 Å². The molecule has 2 N–H and O–H groups in total.